The van der Waals surface area contributed by atoms with Gasteiger partial charge >= 0.3 is 11.9 Å². The van der Waals surface area contributed by atoms with Crippen LogP contribution >= 0.6 is 0 Å². The summed E-state index contributed by atoms with van der Waals surface area (Å²) < 4.78 is 17.6. The summed E-state index contributed by atoms with van der Waals surface area (Å²) in [6, 6.07) is 31.2. The van der Waals surface area contributed by atoms with Gasteiger partial charge in [-0.2, -0.15) is 0 Å². The van der Waals surface area contributed by atoms with Crippen molar-refractivity contribution >= 4 is 22.8 Å². The van der Waals surface area contributed by atoms with Crippen LogP contribution in [0.1, 0.15) is 70.3 Å². The highest BCUT2D eigenvalue weighted by molar-refractivity contribution is 5.89. The number of hydrogen-bond donors (Lipinski definition) is 4. The van der Waals surface area contributed by atoms with Gasteiger partial charge in [0, 0.05) is 36.9 Å². The number of nitrogens with one attached hydrogen (secondary N) is 2. The van der Waals surface area contributed by atoms with E-state index in [0.29, 0.717) is 59.7 Å². The standard InChI is InChI=1S/C45H49N3O8/c49-39-16-14-36(37-15-17-42(51)47-44(37)39)40(50)28-46-21-18-30-10-12-33(13-11-30)45(53)55-25-5-24-54-35-9-4-8-34(26-35)38(31-6-2-1-3-7-31)27-43(52)56-41-29-48-22-19-32(41)20-23-48/h1-4,6-17,26,32,38,40-41,46,49-50H,5,18-25,27-29H2,(H,47,51)/t38?,40-,41-/m0/s1. The minimum atomic E-state index is -0.842. The summed E-state index contributed by atoms with van der Waals surface area (Å²) in [5, 5.41) is 24.7. The van der Waals surface area contributed by atoms with E-state index >= 15 is 0 Å². The molecular formula is C45H49N3O8. The number of aromatic hydroxyl groups is 1. The third kappa shape index (κ3) is 9.84. The van der Waals surface area contributed by atoms with Gasteiger partial charge in [-0.3, -0.25) is 14.5 Å². The maximum Gasteiger partial charge on any atom is 0.338 e. The summed E-state index contributed by atoms with van der Waals surface area (Å²) in [6.07, 6.45) is 2.76. The SMILES string of the molecule is O=C(CC(c1ccccc1)c1cccc(OCCCOC(=O)c2ccc(CCNC[C@H](O)c3ccc(O)c4[nH]c(=O)ccc34)cc2)c1)O[C@H]1CN2CCC1CC2. The molecule has 4 aromatic carbocycles. The number of nitrogens with zero attached hydrogens (tertiary/aromatic N) is 1. The van der Waals surface area contributed by atoms with Crippen LogP contribution in [-0.4, -0.2) is 84.1 Å². The van der Waals surface area contributed by atoms with Crippen molar-refractivity contribution in [3.63, 3.8) is 0 Å². The highest BCUT2D eigenvalue weighted by Gasteiger charge is 2.37. The molecule has 0 spiro atoms. The van der Waals surface area contributed by atoms with E-state index in [-0.39, 0.29) is 48.9 Å². The van der Waals surface area contributed by atoms with E-state index in [1.807, 2.05) is 66.7 Å². The largest absolute Gasteiger partial charge is 0.506 e. The number of hydrogen-bond acceptors (Lipinski definition) is 10. The van der Waals surface area contributed by atoms with Gasteiger partial charge in [-0.15, -0.1) is 0 Å². The topological polar surface area (TPSA) is 150 Å². The highest BCUT2D eigenvalue weighted by Crippen LogP contribution is 2.34. The first-order valence-electron chi connectivity index (χ1n) is 19.5. The van der Waals surface area contributed by atoms with Gasteiger partial charge in [-0.05, 0) is 103 Å². The van der Waals surface area contributed by atoms with E-state index in [4.69, 9.17) is 14.2 Å². The van der Waals surface area contributed by atoms with Crippen LogP contribution in [0.15, 0.2) is 108 Å². The Morgan fingerprint density at radius 3 is 2.45 bits per heavy atom. The Kier molecular flexibility index (Phi) is 12.8. The molecule has 2 bridgehead atoms. The van der Waals surface area contributed by atoms with Crippen LogP contribution in [0.5, 0.6) is 11.5 Å². The number of aliphatic hydroxyl groups excluding tert-OH is 1. The number of phenols is 1. The fourth-order valence-electron chi connectivity index (χ4n) is 7.80. The number of carbonyl (C=O) groups excluding carboxylic acids is 2. The fourth-order valence-corrected chi connectivity index (χ4v) is 7.80. The second-order valence-corrected chi connectivity index (χ2v) is 14.7. The van der Waals surface area contributed by atoms with Crippen molar-refractivity contribution in [3.8, 4) is 11.5 Å². The number of piperidine rings is 3. The highest BCUT2D eigenvalue weighted by atomic mass is 16.5. The monoisotopic (exact) mass is 759 g/mol. The third-order valence-corrected chi connectivity index (χ3v) is 10.9. The summed E-state index contributed by atoms with van der Waals surface area (Å²) in [6.45, 7) is 4.47. The van der Waals surface area contributed by atoms with Gasteiger partial charge < -0.3 is 34.7 Å². The lowest BCUT2D eigenvalue weighted by Gasteiger charge is -2.44. The van der Waals surface area contributed by atoms with Gasteiger partial charge in [0.15, 0.2) is 0 Å². The Morgan fingerprint density at radius 1 is 0.893 bits per heavy atom. The molecule has 3 fully saturated rings. The number of H-pyrrole nitrogens is 1. The molecule has 292 valence electrons. The Bertz CT molecular complexity index is 2150. The molecular weight excluding hydrogens is 711 g/mol. The zero-order valence-electron chi connectivity index (χ0n) is 31.4. The number of aromatic amines is 1. The molecule has 11 heteroatoms. The number of ether oxygens (including phenoxy) is 3. The van der Waals surface area contributed by atoms with Crippen molar-refractivity contribution in [2.75, 3.05) is 45.9 Å². The van der Waals surface area contributed by atoms with Crippen molar-refractivity contribution in [2.45, 2.75) is 50.2 Å². The lowest BCUT2D eigenvalue weighted by Crippen LogP contribution is -2.52. The first-order valence-corrected chi connectivity index (χ1v) is 19.5. The van der Waals surface area contributed by atoms with E-state index in [2.05, 4.69) is 15.2 Å². The Hall–Kier alpha value is -5.49. The number of aromatic nitrogens is 1. The van der Waals surface area contributed by atoms with Crippen molar-refractivity contribution < 1.29 is 34.0 Å². The predicted molar refractivity (Wildman–Crippen MR) is 213 cm³/mol. The van der Waals surface area contributed by atoms with Crippen molar-refractivity contribution in [1.82, 2.24) is 15.2 Å². The fraction of sp³-hybridized carbons (Fsp3) is 0.356. The zero-order valence-corrected chi connectivity index (χ0v) is 31.4. The quantitative estimate of drug-likeness (QED) is 0.0669. The van der Waals surface area contributed by atoms with Gasteiger partial charge in [0.05, 0.1) is 36.8 Å². The molecule has 4 heterocycles. The maximum atomic E-state index is 13.3. The summed E-state index contributed by atoms with van der Waals surface area (Å²) in [7, 11) is 0. The molecule has 3 atom stereocenters. The lowest BCUT2D eigenvalue weighted by molar-refractivity contribution is -0.159. The van der Waals surface area contributed by atoms with E-state index in [1.54, 1.807) is 24.3 Å². The first-order chi connectivity index (χ1) is 27.3. The van der Waals surface area contributed by atoms with E-state index < -0.39 is 12.1 Å². The van der Waals surface area contributed by atoms with Gasteiger partial charge in [0.2, 0.25) is 5.56 Å². The minimum absolute atomic E-state index is 0.0251. The lowest BCUT2D eigenvalue weighted by atomic mass is 9.85. The number of rotatable bonds is 17. The number of carbonyl (C=O) groups is 2. The van der Waals surface area contributed by atoms with Crippen LogP contribution in [0, 0.1) is 5.92 Å². The van der Waals surface area contributed by atoms with Gasteiger partial charge in [0.25, 0.3) is 0 Å². The summed E-state index contributed by atoms with van der Waals surface area (Å²) in [5.74, 6) is 0.347. The Morgan fingerprint density at radius 2 is 1.68 bits per heavy atom. The molecule has 0 amide bonds. The third-order valence-electron chi connectivity index (χ3n) is 10.9. The molecule has 11 nitrogen and oxygen atoms in total. The van der Waals surface area contributed by atoms with Gasteiger partial charge in [-0.1, -0.05) is 60.7 Å². The molecule has 0 radical (unpaired) electrons. The molecule has 3 saturated heterocycles. The average Bonchev–Trinajstić information content (AvgIpc) is 3.22. The van der Waals surface area contributed by atoms with E-state index in [0.717, 1.165) is 49.2 Å². The van der Waals surface area contributed by atoms with E-state index in [1.165, 1.54) is 12.1 Å². The molecule has 0 saturated carbocycles. The van der Waals surface area contributed by atoms with Crippen LogP contribution in [-0.2, 0) is 20.7 Å². The summed E-state index contributed by atoms with van der Waals surface area (Å²) in [5.41, 5.74) is 4.08. The van der Waals surface area contributed by atoms with Crippen LogP contribution in [0.25, 0.3) is 10.9 Å². The molecule has 1 aromatic heterocycles. The molecule has 0 aliphatic carbocycles. The molecule has 3 aliphatic rings. The normalized spacial score (nSPS) is 18.6. The van der Waals surface area contributed by atoms with Gasteiger partial charge in [-0.25, -0.2) is 4.79 Å². The molecule has 8 rings (SSSR count). The Balaban J connectivity index is 0.833. The van der Waals surface area contributed by atoms with E-state index in [9.17, 15) is 24.6 Å². The molecule has 4 N–H and O–H groups in total. The molecule has 5 aromatic rings. The van der Waals surface area contributed by atoms with Crippen LogP contribution in [0.3, 0.4) is 0 Å². The second-order valence-electron chi connectivity index (χ2n) is 14.7. The van der Waals surface area contributed by atoms with Gasteiger partial charge in [0.1, 0.15) is 17.6 Å². The van der Waals surface area contributed by atoms with Crippen LogP contribution < -0.4 is 15.6 Å². The Labute approximate surface area is 326 Å². The van der Waals surface area contributed by atoms with Crippen LogP contribution in [0.4, 0.5) is 0 Å². The second kappa shape index (κ2) is 18.4. The van der Waals surface area contributed by atoms with Crippen molar-refractivity contribution in [1.29, 1.82) is 0 Å². The molecule has 3 aliphatic heterocycles. The first kappa shape index (κ1) is 38.8. The number of benzene rings is 4. The maximum absolute atomic E-state index is 13.3. The number of esters is 2. The summed E-state index contributed by atoms with van der Waals surface area (Å²) in [4.78, 5) is 42.7. The number of fused-ring (bicyclic) bond motifs is 4. The molecule has 1 unspecified atom stereocenters. The van der Waals surface area contributed by atoms with Crippen LogP contribution in [0.2, 0.25) is 0 Å². The van der Waals surface area contributed by atoms with Crippen molar-refractivity contribution in [2.24, 2.45) is 5.92 Å². The number of pyridine rings is 1. The van der Waals surface area contributed by atoms with Crippen molar-refractivity contribution in [3.05, 3.63) is 141 Å². The molecule has 56 heavy (non-hydrogen) atoms. The number of aliphatic hydroxyl groups is 1. The average molecular weight is 760 g/mol. The predicted octanol–water partition coefficient (Wildman–Crippen LogP) is 5.88. The summed E-state index contributed by atoms with van der Waals surface area (Å²) >= 11 is 0. The smallest absolute Gasteiger partial charge is 0.338 e. The minimum Gasteiger partial charge on any atom is -0.506 e. The number of phenolic OH excluding ortho intramolecular Hbond substituents is 1. The zero-order chi connectivity index (χ0) is 38.9.